The fraction of sp³-hybridized carbons (Fsp3) is 0.351. The second kappa shape index (κ2) is 14.5. The minimum atomic E-state index is 0.272. The Hall–Kier alpha value is -3.91. The number of pyridine rings is 1. The summed E-state index contributed by atoms with van der Waals surface area (Å²) in [4.78, 5) is 18.4. The van der Waals surface area contributed by atoms with Crippen LogP contribution in [-0.2, 0) is 18.0 Å². The number of carbonyl (C=O) groups is 1. The Morgan fingerprint density at radius 3 is 2.40 bits per heavy atom. The highest BCUT2D eigenvalue weighted by Gasteiger charge is 2.36. The van der Waals surface area contributed by atoms with Crippen LogP contribution in [0.2, 0.25) is 5.02 Å². The molecule has 6 rings (SSSR count). The second-order valence-electron chi connectivity index (χ2n) is 11.9. The van der Waals surface area contributed by atoms with Crippen LogP contribution in [-0.4, -0.2) is 55.6 Å². The molecule has 2 unspecified atom stereocenters. The Balaban J connectivity index is 1.10. The third-order valence-corrected chi connectivity index (χ3v) is 9.20. The van der Waals surface area contributed by atoms with Gasteiger partial charge in [-0.15, -0.1) is 0 Å². The number of carbonyl (C=O) groups excluding carboxylic acids is 1. The molecule has 2 aliphatic heterocycles. The quantitative estimate of drug-likeness (QED) is 0.114. The summed E-state index contributed by atoms with van der Waals surface area (Å²) >= 11 is 6.51. The first-order chi connectivity index (χ1) is 22.0. The highest BCUT2D eigenvalue weighted by molar-refractivity contribution is 6.32. The van der Waals surface area contributed by atoms with E-state index in [4.69, 9.17) is 30.5 Å². The van der Waals surface area contributed by atoms with Gasteiger partial charge in [0.2, 0.25) is 0 Å². The van der Waals surface area contributed by atoms with Gasteiger partial charge in [-0.2, -0.15) is 0 Å². The molecule has 3 aromatic carbocycles. The molecule has 4 aromatic rings. The van der Waals surface area contributed by atoms with Crippen LogP contribution in [0.4, 0.5) is 0 Å². The molecule has 234 valence electrons. The number of hydrogen-bond acceptors (Lipinski definition) is 7. The van der Waals surface area contributed by atoms with Gasteiger partial charge in [-0.25, -0.2) is 0 Å². The number of hydrogen-bond donors (Lipinski definition) is 0. The molecule has 8 heteroatoms. The third-order valence-electron chi connectivity index (χ3n) is 8.90. The van der Waals surface area contributed by atoms with E-state index in [0.717, 1.165) is 84.7 Å². The molecule has 0 aliphatic carbocycles. The molecule has 0 amide bonds. The lowest BCUT2D eigenvalue weighted by Crippen LogP contribution is -2.25. The smallest absolute Gasteiger partial charge is 0.153 e. The van der Waals surface area contributed by atoms with Crippen molar-refractivity contribution in [3.8, 4) is 28.4 Å². The van der Waals surface area contributed by atoms with Gasteiger partial charge in [-0.05, 0) is 66.3 Å². The SMILES string of the molecule is Cc1c(COc2cc(OCc3cccnc3)c(C=O)cc2Cl)cccc1-c1cccc(OCCCN2CC3COCC3C2)c1C. The third kappa shape index (κ3) is 7.33. The van der Waals surface area contributed by atoms with Crippen LogP contribution in [0.5, 0.6) is 17.2 Å². The molecular formula is C37H39ClN2O5. The lowest BCUT2D eigenvalue weighted by Gasteiger charge is -2.19. The Kier molecular flexibility index (Phi) is 9.99. The Bertz CT molecular complexity index is 1620. The molecule has 0 bridgehead atoms. The molecule has 2 fully saturated rings. The molecular weight excluding hydrogens is 588 g/mol. The van der Waals surface area contributed by atoms with Crippen molar-refractivity contribution in [3.05, 3.63) is 106 Å². The molecule has 3 heterocycles. The summed E-state index contributed by atoms with van der Waals surface area (Å²) in [6.07, 6.45) is 5.16. The van der Waals surface area contributed by atoms with Gasteiger partial charge in [-0.3, -0.25) is 9.78 Å². The summed E-state index contributed by atoms with van der Waals surface area (Å²) in [6.45, 7) is 10.7. The fourth-order valence-corrected chi connectivity index (χ4v) is 6.54. The first-order valence-electron chi connectivity index (χ1n) is 15.5. The van der Waals surface area contributed by atoms with E-state index in [1.165, 1.54) is 0 Å². The van der Waals surface area contributed by atoms with Crippen LogP contribution in [0.1, 0.15) is 39.0 Å². The maximum atomic E-state index is 11.7. The van der Waals surface area contributed by atoms with Crippen molar-refractivity contribution in [2.75, 3.05) is 39.5 Å². The van der Waals surface area contributed by atoms with E-state index in [9.17, 15) is 4.79 Å². The highest BCUT2D eigenvalue weighted by atomic mass is 35.5. The number of nitrogens with zero attached hydrogens (tertiary/aromatic N) is 2. The summed E-state index contributed by atoms with van der Waals surface area (Å²) in [5.74, 6) is 3.20. The standard InChI is InChI=1S/C37H39ClN2O5/c1-25-28(24-45-37-16-36(29(20-41)15-34(37)38)44-21-27-7-5-12-39-17-27)8-3-9-32(25)33-10-4-11-35(26(33)2)43-14-6-13-40-18-30-22-42-23-31(30)19-40/h3-5,7-12,15-17,20,30-31H,6,13-14,18-19,21-24H2,1-2H3. The summed E-state index contributed by atoms with van der Waals surface area (Å²) in [7, 11) is 0. The van der Waals surface area contributed by atoms with Crippen molar-refractivity contribution in [1.29, 1.82) is 0 Å². The maximum Gasteiger partial charge on any atom is 0.153 e. The lowest BCUT2D eigenvalue weighted by molar-refractivity contribution is 0.111. The zero-order valence-electron chi connectivity index (χ0n) is 25.8. The number of aldehydes is 1. The Morgan fingerprint density at radius 2 is 1.64 bits per heavy atom. The molecule has 2 saturated heterocycles. The topological polar surface area (TPSA) is 70.1 Å². The molecule has 45 heavy (non-hydrogen) atoms. The average Bonchev–Trinajstić information content (AvgIpc) is 3.66. The van der Waals surface area contributed by atoms with E-state index in [1.54, 1.807) is 24.5 Å². The number of likely N-dealkylation sites (tertiary alicyclic amines) is 1. The molecule has 0 saturated carbocycles. The van der Waals surface area contributed by atoms with Crippen LogP contribution in [0.25, 0.3) is 11.1 Å². The molecule has 7 nitrogen and oxygen atoms in total. The number of rotatable bonds is 13. The van der Waals surface area contributed by atoms with E-state index >= 15 is 0 Å². The van der Waals surface area contributed by atoms with Crippen molar-refractivity contribution in [2.45, 2.75) is 33.5 Å². The van der Waals surface area contributed by atoms with Gasteiger partial charge in [0.15, 0.2) is 6.29 Å². The minimum absolute atomic E-state index is 0.272. The van der Waals surface area contributed by atoms with E-state index in [1.807, 2.05) is 18.2 Å². The normalized spacial score (nSPS) is 17.7. The van der Waals surface area contributed by atoms with Gasteiger partial charge in [0.25, 0.3) is 0 Å². The number of aromatic nitrogens is 1. The minimum Gasteiger partial charge on any atom is -0.493 e. The zero-order valence-corrected chi connectivity index (χ0v) is 26.6. The number of halogens is 1. The molecule has 0 N–H and O–H groups in total. The van der Waals surface area contributed by atoms with Crippen molar-refractivity contribution < 1.29 is 23.7 Å². The van der Waals surface area contributed by atoms with Crippen LogP contribution in [0.3, 0.4) is 0 Å². The van der Waals surface area contributed by atoms with Crippen molar-refractivity contribution in [2.24, 2.45) is 11.8 Å². The first kappa shape index (κ1) is 31.1. The van der Waals surface area contributed by atoms with Gasteiger partial charge in [0, 0.05) is 55.5 Å². The molecule has 0 radical (unpaired) electrons. The van der Waals surface area contributed by atoms with Crippen molar-refractivity contribution in [1.82, 2.24) is 9.88 Å². The van der Waals surface area contributed by atoms with Gasteiger partial charge in [-0.1, -0.05) is 48.0 Å². The summed E-state index contributed by atoms with van der Waals surface area (Å²) < 4.78 is 24.0. The number of benzene rings is 3. The highest BCUT2D eigenvalue weighted by Crippen LogP contribution is 2.36. The van der Waals surface area contributed by atoms with Crippen molar-refractivity contribution in [3.63, 3.8) is 0 Å². The van der Waals surface area contributed by atoms with Gasteiger partial charge < -0.3 is 23.8 Å². The predicted molar refractivity (Wildman–Crippen MR) is 175 cm³/mol. The average molecular weight is 627 g/mol. The molecule has 2 aliphatic rings. The second-order valence-corrected chi connectivity index (χ2v) is 12.3. The van der Waals surface area contributed by atoms with Crippen LogP contribution in [0.15, 0.2) is 73.1 Å². The summed E-state index contributed by atoms with van der Waals surface area (Å²) in [5.41, 5.74) is 6.80. The van der Waals surface area contributed by atoms with Gasteiger partial charge in [0.05, 0.1) is 30.4 Å². The first-order valence-corrected chi connectivity index (χ1v) is 15.9. The van der Waals surface area contributed by atoms with Crippen LogP contribution >= 0.6 is 11.6 Å². The fourth-order valence-electron chi connectivity index (χ4n) is 6.31. The van der Waals surface area contributed by atoms with Gasteiger partial charge in [0.1, 0.15) is 30.5 Å². The van der Waals surface area contributed by atoms with Crippen LogP contribution in [0, 0.1) is 25.7 Å². The number of ether oxygens (including phenoxy) is 4. The zero-order chi connectivity index (χ0) is 31.2. The van der Waals surface area contributed by atoms with E-state index in [2.05, 4.69) is 54.1 Å². The van der Waals surface area contributed by atoms with E-state index in [-0.39, 0.29) is 6.61 Å². The lowest BCUT2D eigenvalue weighted by atomic mass is 9.93. The predicted octanol–water partition coefficient (Wildman–Crippen LogP) is 7.34. The Labute approximate surface area is 270 Å². The Morgan fingerprint density at radius 1 is 0.889 bits per heavy atom. The maximum absolute atomic E-state index is 11.7. The molecule has 1 aromatic heterocycles. The largest absolute Gasteiger partial charge is 0.493 e. The molecule has 0 spiro atoms. The monoisotopic (exact) mass is 626 g/mol. The number of fused-ring (bicyclic) bond motifs is 1. The van der Waals surface area contributed by atoms with E-state index < -0.39 is 0 Å². The van der Waals surface area contributed by atoms with Crippen molar-refractivity contribution >= 4 is 17.9 Å². The summed E-state index contributed by atoms with van der Waals surface area (Å²) in [5, 5.41) is 0.349. The van der Waals surface area contributed by atoms with Crippen LogP contribution < -0.4 is 14.2 Å². The molecule has 2 atom stereocenters. The summed E-state index contributed by atoms with van der Waals surface area (Å²) in [6, 6.07) is 19.5. The van der Waals surface area contributed by atoms with Gasteiger partial charge >= 0.3 is 0 Å². The van der Waals surface area contributed by atoms with E-state index in [0.29, 0.717) is 47.1 Å².